The highest BCUT2D eigenvalue weighted by atomic mass is 14.5. The molecule has 0 saturated carbocycles. The van der Waals surface area contributed by atoms with Crippen LogP contribution in [0.1, 0.15) is 66.8 Å². The number of hydrogen-bond donors (Lipinski definition) is 0. The molecule has 0 unspecified atom stereocenters. The summed E-state index contributed by atoms with van der Waals surface area (Å²) in [6, 6.07) is 82.5. The van der Waals surface area contributed by atoms with Crippen LogP contribution in [0.3, 0.4) is 0 Å². The Morgan fingerprint density at radius 2 is 0.242 bits per heavy atom. The van der Waals surface area contributed by atoms with Gasteiger partial charge in [0, 0.05) is 0 Å². The van der Waals surface area contributed by atoms with E-state index in [2.05, 4.69) is 218 Å². The van der Waals surface area contributed by atoms with Gasteiger partial charge in [0.25, 0.3) is 0 Å². The van der Waals surface area contributed by atoms with E-state index in [9.17, 15) is 0 Å². The molecule has 0 saturated heterocycles. The van der Waals surface area contributed by atoms with Crippen molar-refractivity contribution in [3.8, 4) is 66.8 Å². The van der Waals surface area contributed by atoms with Crippen LogP contribution in [0.4, 0.5) is 0 Å². The van der Waals surface area contributed by atoms with E-state index in [1.165, 1.54) is 167 Å². The summed E-state index contributed by atoms with van der Waals surface area (Å²) in [6.45, 7) is 0. The lowest BCUT2D eigenvalue weighted by Gasteiger charge is -2.21. The molecule has 0 amide bonds. The second kappa shape index (κ2) is 12.6. The molecule has 0 aliphatic heterocycles. The Morgan fingerprint density at radius 1 is 0.106 bits per heavy atom. The molecule has 16 rings (SSSR count). The minimum absolute atomic E-state index is 1.30. The molecule has 0 bridgehead atoms. The Hall–Kier alpha value is -8.58. The van der Waals surface area contributed by atoms with Crippen molar-refractivity contribution in [2.75, 3.05) is 0 Å². The fraction of sp³-hybridized carbons (Fsp3) is 0. The standard InChI is InChI=1S/C66H36/c1-7-25-43-37(19-1)38-20-2-8-26-44(38)55(43)58-49-31-13-16-34-52(49)61-64(58)62-53-35-17-14-32-50(53)59(56-45-27-9-3-21-39(45)40-22-4-10-28-46(40)56)66(62)63-54-36-18-15-33-51(54)60(65(61)63)57-47-29-11-5-23-41(47)42-24-6-12-30-48(42)57/h1-36H. The van der Waals surface area contributed by atoms with Crippen molar-refractivity contribution in [1.29, 1.82) is 0 Å². The first-order valence-electron chi connectivity index (χ1n) is 23.2. The molecule has 0 fully saturated rings. The second-order valence-corrected chi connectivity index (χ2v) is 18.4. The van der Waals surface area contributed by atoms with Gasteiger partial charge in [-0.25, -0.2) is 0 Å². The predicted octanol–water partition coefficient (Wildman–Crippen LogP) is 16.6. The largest absolute Gasteiger partial charge is 0.0616 e. The summed E-state index contributed by atoms with van der Waals surface area (Å²) >= 11 is 0. The highest BCUT2D eigenvalue weighted by Gasteiger charge is 2.46. The highest BCUT2D eigenvalue weighted by molar-refractivity contribution is 6.32. The van der Waals surface area contributed by atoms with E-state index in [4.69, 9.17) is 0 Å². The van der Waals surface area contributed by atoms with Crippen molar-refractivity contribution < 1.29 is 0 Å². The van der Waals surface area contributed by atoms with Crippen molar-refractivity contribution in [3.05, 3.63) is 285 Å². The molecule has 0 aromatic heterocycles. The van der Waals surface area contributed by atoms with Crippen LogP contribution in [-0.4, -0.2) is 0 Å². The molecule has 0 N–H and O–H groups in total. The van der Waals surface area contributed by atoms with Crippen LogP contribution in [0.25, 0.3) is 100 Å². The molecule has 0 nitrogen and oxygen atoms in total. The lowest BCUT2D eigenvalue weighted by Crippen LogP contribution is -2.00. The first-order valence-corrected chi connectivity index (χ1v) is 23.2. The summed E-state index contributed by atoms with van der Waals surface area (Å²) < 4.78 is 0. The molecular formula is C66H36. The molecule has 66 heavy (non-hydrogen) atoms. The van der Waals surface area contributed by atoms with Gasteiger partial charge in [0.2, 0.25) is 0 Å². The van der Waals surface area contributed by atoms with Gasteiger partial charge in [0.1, 0.15) is 0 Å². The number of benzene rings is 10. The molecule has 0 radical (unpaired) electrons. The molecule has 10 aromatic rings. The summed E-state index contributed by atoms with van der Waals surface area (Å²) in [7, 11) is 0. The van der Waals surface area contributed by atoms with Gasteiger partial charge < -0.3 is 0 Å². The van der Waals surface area contributed by atoms with Crippen molar-refractivity contribution in [2.24, 2.45) is 0 Å². The predicted molar refractivity (Wildman–Crippen MR) is 273 cm³/mol. The third kappa shape index (κ3) is 4.17. The minimum Gasteiger partial charge on any atom is -0.0616 e. The lowest BCUT2D eigenvalue weighted by molar-refractivity contribution is 1.57. The van der Waals surface area contributed by atoms with Crippen LogP contribution >= 0.6 is 0 Å². The summed E-state index contributed by atoms with van der Waals surface area (Å²) in [4.78, 5) is 0. The fourth-order valence-corrected chi connectivity index (χ4v) is 13.1. The third-order valence-electron chi connectivity index (χ3n) is 15.4. The van der Waals surface area contributed by atoms with Gasteiger partial charge >= 0.3 is 0 Å². The molecule has 0 heterocycles. The smallest absolute Gasteiger partial charge is 0.0000699 e. The van der Waals surface area contributed by atoms with E-state index in [1.807, 2.05) is 0 Å². The van der Waals surface area contributed by atoms with Crippen molar-refractivity contribution in [2.45, 2.75) is 0 Å². The topological polar surface area (TPSA) is 0 Å². The van der Waals surface area contributed by atoms with Crippen LogP contribution in [0, 0.1) is 0 Å². The first-order chi connectivity index (χ1) is 32.8. The Morgan fingerprint density at radius 3 is 0.424 bits per heavy atom. The molecule has 10 aromatic carbocycles. The number of rotatable bonds is 0. The van der Waals surface area contributed by atoms with Gasteiger partial charge in [-0.05, 0) is 167 Å². The highest BCUT2D eigenvalue weighted by Crippen LogP contribution is 2.68. The summed E-state index contributed by atoms with van der Waals surface area (Å²) in [5, 5.41) is 0. The van der Waals surface area contributed by atoms with Gasteiger partial charge in [0.05, 0.1) is 0 Å². The maximum absolute atomic E-state index is 2.41. The van der Waals surface area contributed by atoms with Crippen LogP contribution < -0.4 is 0 Å². The molecule has 0 heteroatoms. The normalized spacial score (nSPS) is 14.2. The van der Waals surface area contributed by atoms with Crippen LogP contribution in [0.2, 0.25) is 0 Å². The van der Waals surface area contributed by atoms with E-state index in [0.29, 0.717) is 0 Å². The zero-order valence-corrected chi connectivity index (χ0v) is 35.8. The number of hydrogen-bond acceptors (Lipinski definition) is 0. The zero-order chi connectivity index (χ0) is 42.8. The maximum atomic E-state index is 2.41. The fourth-order valence-electron chi connectivity index (χ4n) is 13.1. The van der Waals surface area contributed by atoms with E-state index >= 15 is 0 Å². The molecule has 6 aliphatic rings. The van der Waals surface area contributed by atoms with Crippen molar-refractivity contribution in [3.63, 3.8) is 0 Å². The van der Waals surface area contributed by atoms with Crippen LogP contribution in [0.5, 0.6) is 0 Å². The van der Waals surface area contributed by atoms with E-state index in [1.54, 1.807) is 0 Å². The second-order valence-electron chi connectivity index (χ2n) is 18.4. The van der Waals surface area contributed by atoms with Crippen LogP contribution in [0.15, 0.2) is 218 Å². The van der Waals surface area contributed by atoms with Gasteiger partial charge in [-0.3, -0.25) is 0 Å². The molecular weight excluding hydrogens is 793 g/mol. The number of fused-ring (bicyclic) bond motifs is 21. The average molecular weight is 829 g/mol. The lowest BCUT2D eigenvalue weighted by atomic mass is 9.80. The summed E-state index contributed by atoms with van der Waals surface area (Å²) in [5.41, 5.74) is 39.5. The SMILES string of the molecule is c1ccc2c(c1)C(=C1c3ccccc3-c3c1c1c(c4c3C(=C3c5ccccc5-c5ccccc53)c3ccccc3-4)C(=C3c4ccccc4-c4ccccc43)c3ccccc3-1)c1ccccc1-2. The first kappa shape index (κ1) is 34.9. The van der Waals surface area contributed by atoms with E-state index in [0.717, 1.165) is 0 Å². The summed E-state index contributed by atoms with van der Waals surface area (Å²) in [5.74, 6) is 0. The third-order valence-corrected chi connectivity index (χ3v) is 15.4. The van der Waals surface area contributed by atoms with E-state index in [-0.39, 0.29) is 0 Å². The molecule has 0 spiro atoms. The Balaban J connectivity index is 1.19. The van der Waals surface area contributed by atoms with Crippen molar-refractivity contribution in [1.82, 2.24) is 0 Å². The molecule has 0 atom stereocenters. The Kier molecular flexibility index (Phi) is 6.64. The summed E-state index contributed by atoms with van der Waals surface area (Å²) in [6.07, 6.45) is 0. The maximum Gasteiger partial charge on any atom is -0.0000699 e. The van der Waals surface area contributed by atoms with Crippen LogP contribution in [-0.2, 0) is 0 Å². The van der Waals surface area contributed by atoms with E-state index < -0.39 is 0 Å². The molecule has 300 valence electrons. The van der Waals surface area contributed by atoms with Gasteiger partial charge in [-0.2, -0.15) is 0 Å². The Labute approximate surface area is 383 Å². The quantitative estimate of drug-likeness (QED) is 0.143. The Bertz CT molecular complexity index is 3450. The van der Waals surface area contributed by atoms with Crippen molar-refractivity contribution >= 4 is 33.4 Å². The monoisotopic (exact) mass is 828 g/mol. The average Bonchev–Trinajstić information content (AvgIpc) is 4.21. The zero-order valence-electron chi connectivity index (χ0n) is 35.8. The van der Waals surface area contributed by atoms with Gasteiger partial charge in [-0.1, -0.05) is 218 Å². The van der Waals surface area contributed by atoms with Gasteiger partial charge in [-0.15, -0.1) is 0 Å². The van der Waals surface area contributed by atoms with Gasteiger partial charge in [0.15, 0.2) is 0 Å². The minimum atomic E-state index is 1.30. The molecule has 6 aliphatic carbocycles.